The van der Waals surface area contributed by atoms with E-state index in [0.29, 0.717) is 35.2 Å². The van der Waals surface area contributed by atoms with Crippen LogP contribution in [0.3, 0.4) is 0 Å². The van der Waals surface area contributed by atoms with E-state index in [-0.39, 0.29) is 11.4 Å². The van der Waals surface area contributed by atoms with Gasteiger partial charge in [-0.15, -0.1) is 0 Å². The summed E-state index contributed by atoms with van der Waals surface area (Å²) in [6, 6.07) is 15.5. The molecule has 224 valence electrons. The van der Waals surface area contributed by atoms with E-state index >= 15 is 0 Å². The van der Waals surface area contributed by atoms with Gasteiger partial charge in [0.15, 0.2) is 0 Å². The highest BCUT2D eigenvalue weighted by Crippen LogP contribution is 2.34. The lowest BCUT2D eigenvalue weighted by Crippen LogP contribution is -2.15. The van der Waals surface area contributed by atoms with Crippen LogP contribution in [0, 0.1) is 0 Å². The number of rotatable bonds is 8. The zero-order valence-electron chi connectivity index (χ0n) is 23.8. The molecular weight excluding hydrogens is 575 g/mol. The molecule has 0 bridgehead atoms. The maximum atomic E-state index is 13.1. The minimum atomic E-state index is -4.52. The molecule has 0 spiro atoms. The lowest BCUT2D eigenvalue weighted by atomic mass is 10.1. The SMILES string of the molecule is COc1ccc(CNc2nccc3c2c(-c2ccn4c(C(=O)Nc5cccc(C(F)(F)F)c5)cnc4c2)nn3C)c(OC)c1. The van der Waals surface area contributed by atoms with Crippen molar-refractivity contribution in [3.8, 4) is 22.8 Å². The van der Waals surface area contributed by atoms with Crippen LogP contribution in [0.15, 0.2) is 79.3 Å². The van der Waals surface area contributed by atoms with Crippen LogP contribution in [0.1, 0.15) is 21.6 Å². The van der Waals surface area contributed by atoms with Gasteiger partial charge in [0.1, 0.15) is 34.4 Å². The van der Waals surface area contributed by atoms with Crippen LogP contribution in [-0.4, -0.2) is 44.3 Å². The minimum Gasteiger partial charge on any atom is -0.497 e. The average molecular weight is 602 g/mol. The molecule has 0 unspecified atom stereocenters. The van der Waals surface area contributed by atoms with E-state index in [1.807, 2.05) is 31.3 Å². The maximum absolute atomic E-state index is 13.1. The number of hydrogen-bond donors (Lipinski definition) is 2. The van der Waals surface area contributed by atoms with E-state index in [9.17, 15) is 18.0 Å². The number of hydrogen-bond acceptors (Lipinski definition) is 7. The normalized spacial score (nSPS) is 11.6. The molecule has 4 heterocycles. The molecule has 6 rings (SSSR count). The highest BCUT2D eigenvalue weighted by molar-refractivity contribution is 6.04. The average Bonchev–Trinajstić information content (AvgIpc) is 3.60. The van der Waals surface area contributed by atoms with Crippen molar-refractivity contribution in [3.05, 3.63) is 96.1 Å². The van der Waals surface area contributed by atoms with Crippen molar-refractivity contribution in [1.82, 2.24) is 24.1 Å². The first kappa shape index (κ1) is 28.5. The van der Waals surface area contributed by atoms with Gasteiger partial charge in [0.2, 0.25) is 0 Å². The van der Waals surface area contributed by atoms with Gasteiger partial charge in [-0.2, -0.15) is 18.3 Å². The molecule has 13 heteroatoms. The number of carbonyl (C=O) groups is 1. The Morgan fingerprint density at radius 1 is 1.00 bits per heavy atom. The largest absolute Gasteiger partial charge is 0.497 e. The van der Waals surface area contributed by atoms with Crippen LogP contribution in [0.25, 0.3) is 27.8 Å². The van der Waals surface area contributed by atoms with E-state index in [1.165, 1.54) is 18.3 Å². The molecule has 10 nitrogen and oxygen atoms in total. The molecule has 0 saturated carbocycles. The van der Waals surface area contributed by atoms with Crippen molar-refractivity contribution >= 4 is 34.0 Å². The molecule has 44 heavy (non-hydrogen) atoms. The first-order chi connectivity index (χ1) is 21.2. The predicted octanol–water partition coefficient (Wildman–Crippen LogP) is 6.18. The summed E-state index contributed by atoms with van der Waals surface area (Å²) in [7, 11) is 5.04. The summed E-state index contributed by atoms with van der Waals surface area (Å²) >= 11 is 0. The Bertz CT molecular complexity index is 2020. The number of carbonyl (C=O) groups excluding carboxylic acids is 1. The Labute approximate surface area is 249 Å². The molecule has 6 aromatic rings. The molecular formula is C31H26F3N7O3. The molecule has 0 saturated heterocycles. The molecule has 0 aliphatic rings. The Balaban J connectivity index is 1.30. The molecule has 0 atom stereocenters. The third kappa shape index (κ3) is 5.35. The highest BCUT2D eigenvalue weighted by Gasteiger charge is 2.30. The first-order valence-electron chi connectivity index (χ1n) is 13.4. The summed E-state index contributed by atoms with van der Waals surface area (Å²) in [4.78, 5) is 22.0. The van der Waals surface area contributed by atoms with Crippen LogP contribution < -0.4 is 20.1 Å². The fourth-order valence-corrected chi connectivity index (χ4v) is 4.99. The summed E-state index contributed by atoms with van der Waals surface area (Å²) in [5.41, 5.74) is 2.93. The summed E-state index contributed by atoms with van der Waals surface area (Å²) in [6.45, 7) is 0.428. The number of methoxy groups -OCH3 is 2. The Morgan fingerprint density at radius 2 is 1.84 bits per heavy atom. The number of benzene rings is 2. The standard InChI is InChI=1S/C31H26F3N7O3/c1-40-23-9-11-35-29(37-16-19-7-8-22(43-2)15-25(19)44-3)27(23)28(39-40)18-10-12-41-24(17-36-26(41)13-18)30(42)38-21-6-4-5-20(14-21)31(32,33)34/h4-15,17H,16H2,1-3H3,(H,35,37)(H,38,42). The zero-order valence-corrected chi connectivity index (χ0v) is 23.8. The van der Waals surface area contributed by atoms with Gasteiger partial charge in [-0.25, -0.2) is 9.97 Å². The fraction of sp³-hybridized carbons (Fsp3) is 0.161. The number of aromatic nitrogens is 5. The number of fused-ring (bicyclic) bond motifs is 2. The third-order valence-electron chi connectivity index (χ3n) is 7.17. The van der Waals surface area contributed by atoms with Crippen molar-refractivity contribution in [1.29, 1.82) is 0 Å². The molecule has 0 aliphatic heterocycles. The van der Waals surface area contributed by atoms with Crippen molar-refractivity contribution in [2.75, 3.05) is 24.9 Å². The van der Waals surface area contributed by atoms with Gasteiger partial charge >= 0.3 is 6.18 Å². The van der Waals surface area contributed by atoms with Crippen molar-refractivity contribution in [2.45, 2.75) is 12.7 Å². The zero-order chi connectivity index (χ0) is 31.0. The van der Waals surface area contributed by atoms with E-state index in [1.54, 1.807) is 47.8 Å². The predicted molar refractivity (Wildman–Crippen MR) is 159 cm³/mol. The van der Waals surface area contributed by atoms with Crippen LogP contribution in [-0.2, 0) is 19.8 Å². The first-order valence-corrected chi connectivity index (χ1v) is 13.4. The monoisotopic (exact) mass is 601 g/mol. The van der Waals surface area contributed by atoms with Gasteiger partial charge in [0.25, 0.3) is 5.91 Å². The molecule has 2 N–H and O–H groups in total. The van der Waals surface area contributed by atoms with Crippen molar-refractivity contribution in [2.24, 2.45) is 7.05 Å². The number of nitrogens with one attached hydrogen (secondary N) is 2. The summed E-state index contributed by atoms with van der Waals surface area (Å²) in [5.74, 6) is 1.38. The molecule has 0 radical (unpaired) electrons. The molecule has 0 fully saturated rings. The summed E-state index contributed by atoms with van der Waals surface area (Å²) in [6.07, 6.45) is 0.221. The van der Waals surface area contributed by atoms with Crippen molar-refractivity contribution < 1.29 is 27.4 Å². The summed E-state index contributed by atoms with van der Waals surface area (Å²) in [5, 5.41) is 11.5. The minimum absolute atomic E-state index is 0.0242. The third-order valence-corrected chi connectivity index (χ3v) is 7.17. The molecule has 4 aromatic heterocycles. The van der Waals surface area contributed by atoms with Crippen LogP contribution in [0.5, 0.6) is 11.5 Å². The Hall–Kier alpha value is -5.59. The van der Waals surface area contributed by atoms with Gasteiger partial charge in [-0.3, -0.25) is 13.9 Å². The maximum Gasteiger partial charge on any atom is 0.416 e. The summed E-state index contributed by atoms with van der Waals surface area (Å²) < 4.78 is 53.5. The van der Waals surface area contributed by atoms with Gasteiger partial charge < -0.3 is 20.1 Å². The van der Waals surface area contributed by atoms with Gasteiger partial charge in [-0.1, -0.05) is 6.07 Å². The number of alkyl halides is 3. The number of ether oxygens (including phenoxy) is 2. The number of pyridine rings is 2. The highest BCUT2D eigenvalue weighted by atomic mass is 19.4. The molecule has 0 aliphatic carbocycles. The number of anilines is 2. The fourth-order valence-electron chi connectivity index (χ4n) is 4.99. The quantitative estimate of drug-likeness (QED) is 0.214. The number of halogens is 3. The smallest absolute Gasteiger partial charge is 0.416 e. The van der Waals surface area contributed by atoms with Gasteiger partial charge in [0, 0.05) is 48.9 Å². The molecule has 2 aromatic carbocycles. The second-order valence-electron chi connectivity index (χ2n) is 9.88. The second kappa shape index (κ2) is 11.2. The molecule has 1 amide bonds. The van der Waals surface area contributed by atoms with Crippen LogP contribution in [0.4, 0.5) is 24.7 Å². The van der Waals surface area contributed by atoms with E-state index in [4.69, 9.17) is 14.6 Å². The van der Waals surface area contributed by atoms with E-state index in [0.717, 1.165) is 34.2 Å². The van der Waals surface area contributed by atoms with E-state index in [2.05, 4.69) is 20.6 Å². The van der Waals surface area contributed by atoms with Gasteiger partial charge in [-0.05, 0) is 48.5 Å². The lowest BCUT2D eigenvalue weighted by molar-refractivity contribution is -0.137. The number of imidazole rings is 1. The number of amides is 1. The van der Waals surface area contributed by atoms with Crippen LogP contribution >= 0.6 is 0 Å². The lowest BCUT2D eigenvalue weighted by Gasteiger charge is -2.12. The topological polar surface area (TPSA) is 108 Å². The Morgan fingerprint density at radius 3 is 2.61 bits per heavy atom. The second-order valence-corrected chi connectivity index (χ2v) is 9.88. The van der Waals surface area contributed by atoms with E-state index < -0.39 is 17.6 Å². The van der Waals surface area contributed by atoms with Crippen molar-refractivity contribution in [3.63, 3.8) is 0 Å². The van der Waals surface area contributed by atoms with Gasteiger partial charge in [0.05, 0.1) is 36.9 Å². The van der Waals surface area contributed by atoms with Crippen LogP contribution in [0.2, 0.25) is 0 Å². The number of nitrogens with zero attached hydrogens (tertiary/aromatic N) is 5. The number of aryl methyl sites for hydroxylation is 1. The Kier molecular flexibility index (Phi) is 7.29.